The molecule has 1 aliphatic heterocycles. The number of alkyl carbamates (subject to hydrolysis) is 1. The van der Waals surface area contributed by atoms with Gasteiger partial charge in [-0.1, -0.05) is 13.8 Å². The van der Waals surface area contributed by atoms with Crippen LogP contribution in [0.5, 0.6) is 0 Å². The first-order chi connectivity index (χ1) is 6.59. The quantitative estimate of drug-likeness (QED) is 0.684. The van der Waals surface area contributed by atoms with E-state index >= 15 is 0 Å². The summed E-state index contributed by atoms with van der Waals surface area (Å²) < 4.78 is 4.60. The van der Waals surface area contributed by atoms with Crippen LogP contribution in [0.2, 0.25) is 0 Å². The summed E-state index contributed by atoms with van der Waals surface area (Å²) >= 11 is 0. The molecule has 1 rings (SSSR count). The van der Waals surface area contributed by atoms with Gasteiger partial charge in [-0.2, -0.15) is 0 Å². The Bertz CT molecular complexity index is 228. The first-order valence-electron chi connectivity index (χ1n) is 4.80. The largest absolute Gasteiger partial charge is 0.447 e. The molecule has 0 spiro atoms. The highest BCUT2D eigenvalue weighted by molar-refractivity contribution is 5.87. The fourth-order valence-electron chi connectivity index (χ4n) is 1.13. The van der Waals surface area contributed by atoms with Gasteiger partial charge < -0.3 is 15.4 Å². The molecule has 5 nitrogen and oxygen atoms in total. The number of hydrogen-bond donors (Lipinski definition) is 2. The Balaban J connectivity index is 2.18. The SMILES string of the molecule is CC(C)CCNC(=O)C1COC(=O)N1. The maximum atomic E-state index is 11.4. The monoisotopic (exact) mass is 200 g/mol. The van der Waals surface area contributed by atoms with E-state index in [1.54, 1.807) is 0 Å². The molecule has 0 radical (unpaired) electrons. The van der Waals surface area contributed by atoms with Crippen molar-refractivity contribution in [2.45, 2.75) is 26.3 Å². The van der Waals surface area contributed by atoms with Gasteiger partial charge in [0.15, 0.2) is 0 Å². The van der Waals surface area contributed by atoms with Gasteiger partial charge in [-0.05, 0) is 12.3 Å². The van der Waals surface area contributed by atoms with Crippen LogP contribution >= 0.6 is 0 Å². The molecule has 0 aromatic heterocycles. The summed E-state index contributed by atoms with van der Waals surface area (Å²) in [6, 6.07) is -0.519. The molecule has 0 aliphatic carbocycles. The second kappa shape index (κ2) is 4.83. The molecule has 1 unspecified atom stereocenters. The van der Waals surface area contributed by atoms with E-state index in [9.17, 15) is 9.59 Å². The lowest BCUT2D eigenvalue weighted by atomic mass is 10.1. The van der Waals surface area contributed by atoms with E-state index in [1.165, 1.54) is 0 Å². The minimum absolute atomic E-state index is 0.131. The van der Waals surface area contributed by atoms with Crippen molar-refractivity contribution in [2.24, 2.45) is 5.92 Å². The Hall–Kier alpha value is -1.26. The summed E-state index contributed by atoms with van der Waals surface area (Å²) in [6.45, 7) is 4.95. The third-order valence-electron chi connectivity index (χ3n) is 2.01. The minimum atomic E-state index is -0.519. The maximum Gasteiger partial charge on any atom is 0.407 e. The fraction of sp³-hybridized carbons (Fsp3) is 0.778. The van der Waals surface area contributed by atoms with Crippen LogP contribution in [-0.2, 0) is 9.53 Å². The molecule has 0 aromatic rings. The number of hydrogen-bond acceptors (Lipinski definition) is 3. The van der Waals surface area contributed by atoms with Crippen LogP contribution in [0.25, 0.3) is 0 Å². The molecule has 2 amide bonds. The number of carbonyl (C=O) groups excluding carboxylic acids is 2. The van der Waals surface area contributed by atoms with Crippen LogP contribution in [0.1, 0.15) is 20.3 Å². The predicted octanol–water partition coefficient (Wildman–Crippen LogP) is 0.257. The van der Waals surface area contributed by atoms with Crippen molar-refractivity contribution in [3.8, 4) is 0 Å². The highest BCUT2D eigenvalue weighted by Crippen LogP contribution is 1.99. The molecule has 2 N–H and O–H groups in total. The van der Waals surface area contributed by atoms with E-state index in [4.69, 9.17) is 0 Å². The molecule has 1 saturated heterocycles. The summed E-state index contributed by atoms with van der Waals surface area (Å²) in [5, 5.41) is 5.16. The molecule has 14 heavy (non-hydrogen) atoms. The molecule has 5 heteroatoms. The number of rotatable bonds is 4. The van der Waals surface area contributed by atoms with Crippen molar-refractivity contribution in [2.75, 3.05) is 13.2 Å². The highest BCUT2D eigenvalue weighted by atomic mass is 16.6. The lowest BCUT2D eigenvalue weighted by molar-refractivity contribution is -0.122. The van der Waals surface area contributed by atoms with Gasteiger partial charge in [0.05, 0.1) is 0 Å². The van der Waals surface area contributed by atoms with Crippen molar-refractivity contribution in [3.05, 3.63) is 0 Å². The molecule has 0 bridgehead atoms. The lowest BCUT2D eigenvalue weighted by Crippen LogP contribution is -2.43. The first kappa shape index (κ1) is 10.8. The Kier molecular flexibility index (Phi) is 3.73. The second-order valence-corrected chi connectivity index (χ2v) is 3.77. The Morgan fingerprint density at radius 3 is 2.93 bits per heavy atom. The number of ether oxygens (including phenoxy) is 1. The molecule has 0 aromatic carbocycles. The van der Waals surface area contributed by atoms with Gasteiger partial charge in [0.25, 0.3) is 0 Å². The van der Waals surface area contributed by atoms with E-state index in [2.05, 4.69) is 29.2 Å². The number of amides is 2. The molecule has 1 heterocycles. The highest BCUT2D eigenvalue weighted by Gasteiger charge is 2.28. The molecule has 1 fully saturated rings. The van der Waals surface area contributed by atoms with Gasteiger partial charge in [-0.3, -0.25) is 4.79 Å². The summed E-state index contributed by atoms with van der Waals surface area (Å²) in [6.07, 6.45) is 0.418. The van der Waals surface area contributed by atoms with Crippen molar-refractivity contribution >= 4 is 12.0 Å². The number of nitrogens with one attached hydrogen (secondary N) is 2. The fourth-order valence-corrected chi connectivity index (χ4v) is 1.13. The smallest absolute Gasteiger partial charge is 0.407 e. The van der Waals surface area contributed by atoms with Gasteiger partial charge in [-0.25, -0.2) is 4.79 Å². The standard InChI is InChI=1S/C9H16N2O3/c1-6(2)3-4-10-8(12)7-5-14-9(13)11-7/h6-7H,3-5H2,1-2H3,(H,10,12)(H,11,13). The Morgan fingerprint density at radius 2 is 2.43 bits per heavy atom. The maximum absolute atomic E-state index is 11.4. The average Bonchev–Trinajstić information content (AvgIpc) is 2.51. The third kappa shape index (κ3) is 3.24. The van der Waals surface area contributed by atoms with Crippen LogP contribution in [0, 0.1) is 5.92 Å². The Morgan fingerprint density at radius 1 is 1.71 bits per heavy atom. The summed E-state index contributed by atoms with van der Waals surface area (Å²) in [4.78, 5) is 22.0. The molecule has 80 valence electrons. The zero-order valence-electron chi connectivity index (χ0n) is 8.50. The van der Waals surface area contributed by atoms with Gasteiger partial charge in [0.2, 0.25) is 5.91 Å². The van der Waals surface area contributed by atoms with Crippen LogP contribution in [0.15, 0.2) is 0 Å². The molecule has 1 atom stereocenters. The van der Waals surface area contributed by atoms with Crippen molar-refractivity contribution in [1.82, 2.24) is 10.6 Å². The predicted molar refractivity (Wildman–Crippen MR) is 50.7 cm³/mol. The van der Waals surface area contributed by atoms with E-state index in [-0.39, 0.29) is 12.5 Å². The third-order valence-corrected chi connectivity index (χ3v) is 2.01. The van der Waals surface area contributed by atoms with Crippen molar-refractivity contribution in [3.63, 3.8) is 0 Å². The summed E-state index contributed by atoms with van der Waals surface area (Å²) in [5.74, 6) is 0.390. The molecule has 1 aliphatic rings. The summed E-state index contributed by atoms with van der Waals surface area (Å²) in [5.41, 5.74) is 0. The van der Waals surface area contributed by atoms with Crippen LogP contribution in [0.4, 0.5) is 4.79 Å². The Labute approximate surface area is 83.2 Å². The van der Waals surface area contributed by atoms with Crippen molar-refractivity contribution < 1.29 is 14.3 Å². The van der Waals surface area contributed by atoms with Gasteiger partial charge in [-0.15, -0.1) is 0 Å². The van der Waals surface area contributed by atoms with Gasteiger partial charge >= 0.3 is 6.09 Å². The van der Waals surface area contributed by atoms with Crippen LogP contribution in [0.3, 0.4) is 0 Å². The average molecular weight is 200 g/mol. The normalized spacial score (nSPS) is 20.5. The zero-order chi connectivity index (χ0) is 10.6. The van der Waals surface area contributed by atoms with Gasteiger partial charge in [0, 0.05) is 6.54 Å². The topological polar surface area (TPSA) is 67.4 Å². The van der Waals surface area contributed by atoms with Crippen molar-refractivity contribution in [1.29, 1.82) is 0 Å². The first-order valence-corrected chi connectivity index (χ1v) is 4.80. The van der Waals surface area contributed by atoms with Gasteiger partial charge in [0.1, 0.15) is 12.6 Å². The van der Waals surface area contributed by atoms with Crippen LogP contribution < -0.4 is 10.6 Å². The minimum Gasteiger partial charge on any atom is -0.447 e. The van der Waals surface area contributed by atoms with Crippen LogP contribution in [-0.4, -0.2) is 31.2 Å². The van der Waals surface area contributed by atoms with E-state index in [0.717, 1.165) is 6.42 Å². The number of carbonyl (C=O) groups is 2. The molecular formula is C9H16N2O3. The number of cyclic esters (lactones) is 1. The molecular weight excluding hydrogens is 184 g/mol. The zero-order valence-corrected chi connectivity index (χ0v) is 8.50. The summed E-state index contributed by atoms with van der Waals surface area (Å²) in [7, 11) is 0. The van der Waals surface area contributed by atoms with E-state index < -0.39 is 12.1 Å². The second-order valence-electron chi connectivity index (χ2n) is 3.77. The molecule has 0 saturated carbocycles. The lowest BCUT2D eigenvalue weighted by Gasteiger charge is -2.09. The van der Waals surface area contributed by atoms with E-state index in [1.807, 2.05) is 0 Å². The van der Waals surface area contributed by atoms with E-state index in [0.29, 0.717) is 12.5 Å².